The van der Waals surface area contributed by atoms with Crippen molar-refractivity contribution in [1.29, 1.82) is 0 Å². The second kappa shape index (κ2) is 6.65. The number of aromatic nitrogens is 4. The zero-order chi connectivity index (χ0) is 18.1. The predicted octanol–water partition coefficient (Wildman–Crippen LogP) is 4.05. The first-order valence-electron chi connectivity index (χ1n) is 8.13. The van der Waals surface area contributed by atoms with Crippen molar-refractivity contribution >= 4 is 22.8 Å². The van der Waals surface area contributed by atoms with Gasteiger partial charge in [-0.1, -0.05) is 11.6 Å². The molecule has 0 aliphatic rings. The lowest BCUT2D eigenvalue weighted by atomic mass is 10.3. The topological polar surface area (TPSA) is 61.9 Å². The fourth-order valence-corrected chi connectivity index (χ4v) is 2.94. The van der Waals surface area contributed by atoms with Gasteiger partial charge in [0, 0.05) is 25.0 Å². The molecule has 0 atom stereocenters. The number of hydrogen-bond acceptors (Lipinski definition) is 4. The van der Waals surface area contributed by atoms with Crippen LogP contribution in [0.25, 0.3) is 16.9 Å². The van der Waals surface area contributed by atoms with Crippen LogP contribution in [-0.2, 0) is 6.54 Å². The van der Waals surface area contributed by atoms with Crippen LogP contribution in [0.4, 0.5) is 0 Å². The summed E-state index contributed by atoms with van der Waals surface area (Å²) in [4.78, 5) is 21.2. The van der Waals surface area contributed by atoms with E-state index in [0.717, 1.165) is 11.2 Å². The van der Waals surface area contributed by atoms with Crippen molar-refractivity contribution < 1.29 is 4.74 Å². The van der Waals surface area contributed by atoms with E-state index >= 15 is 0 Å². The minimum absolute atomic E-state index is 0.116. The smallest absolute Gasteiger partial charge is 0.334 e. The number of benzene rings is 1. The summed E-state index contributed by atoms with van der Waals surface area (Å²) in [7, 11) is 0. The Labute approximate surface area is 154 Å². The third kappa shape index (κ3) is 2.84. The highest BCUT2D eigenvalue weighted by Gasteiger charge is 2.14. The second-order valence-corrected chi connectivity index (χ2v) is 6.06. The van der Waals surface area contributed by atoms with Crippen LogP contribution in [0.2, 0.25) is 5.02 Å². The van der Waals surface area contributed by atoms with E-state index in [2.05, 4.69) is 9.97 Å². The molecule has 4 aromatic rings. The number of rotatable bonds is 4. The fourth-order valence-electron chi connectivity index (χ4n) is 2.83. The van der Waals surface area contributed by atoms with Crippen LogP contribution in [0, 0.1) is 0 Å². The van der Waals surface area contributed by atoms with Crippen LogP contribution in [-0.4, -0.2) is 19.1 Å². The van der Waals surface area contributed by atoms with E-state index < -0.39 is 0 Å². The molecule has 0 aliphatic carbocycles. The van der Waals surface area contributed by atoms with Crippen LogP contribution in [0.1, 0.15) is 6.92 Å². The SMILES string of the molecule is CCn1c(=O)n(-c2ccc(Oc3ccc(Cl)cn3)cc2)c2ncccc21. The van der Waals surface area contributed by atoms with Gasteiger partial charge in [-0.15, -0.1) is 0 Å². The van der Waals surface area contributed by atoms with Gasteiger partial charge in [-0.2, -0.15) is 0 Å². The number of aryl methyl sites for hydroxylation is 1. The molecule has 0 aliphatic heterocycles. The molecule has 0 amide bonds. The standard InChI is InChI=1S/C19H15ClN4O2/c1-2-23-16-4-3-11-21-18(16)24(19(23)25)14-6-8-15(9-7-14)26-17-10-5-13(20)12-22-17/h3-12H,2H2,1H3. The Balaban J connectivity index is 1.71. The molecule has 3 aromatic heterocycles. The van der Waals surface area contributed by atoms with Crippen LogP contribution in [0.3, 0.4) is 0 Å². The van der Waals surface area contributed by atoms with E-state index in [9.17, 15) is 4.79 Å². The number of nitrogens with zero attached hydrogens (tertiary/aromatic N) is 4. The minimum Gasteiger partial charge on any atom is -0.439 e. The van der Waals surface area contributed by atoms with Gasteiger partial charge >= 0.3 is 5.69 Å². The average molecular weight is 367 g/mol. The fraction of sp³-hybridized carbons (Fsp3) is 0.105. The Morgan fingerprint density at radius 2 is 1.88 bits per heavy atom. The van der Waals surface area contributed by atoms with Gasteiger partial charge in [-0.05, 0) is 49.4 Å². The number of hydrogen-bond donors (Lipinski definition) is 0. The summed E-state index contributed by atoms with van der Waals surface area (Å²) < 4.78 is 8.99. The van der Waals surface area contributed by atoms with Crippen LogP contribution in [0.15, 0.2) is 65.7 Å². The molecule has 1 aromatic carbocycles. The molecular formula is C19H15ClN4O2. The second-order valence-electron chi connectivity index (χ2n) is 5.62. The van der Waals surface area contributed by atoms with E-state index in [1.165, 1.54) is 6.20 Å². The van der Waals surface area contributed by atoms with Crippen LogP contribution in [0.5, 0.6) is 11.6 Å². The Morgan fingerprint density at radius 3 is 2.58 bits per heavy atom. The maximum absolute atomic E-state index is 12.8. The molecule has 0 saturated carbocycles. The Bertz CT molecular complexity index is 1120. The molecule has 7 heteroatoms. The molecule has 0 spiro atoms. The summed E-state index contributed by atoms with van der Waals surface area (Å²) >= 11 is 5.82. The van der Waals surface area contributed by atoms with E-state index in [4.69, 9.17) is 16.3 Å². The molecule has 0 bridgehead atoms. The van der Waals surface area contributed by atoms with Crippen LogP contribution < -0.4 is 10.4 Å². The van der Waals surface area contributed by atoms with Gasteiger partial charge in [0.15, 0.2) is 5.65 Å². The molecule has 26 heavy (non-hydrogen) atoms. The van der Waals surface area contributed by atoms with Gasteiger partial charge in [0.05, 0.1) is 16.2 Å². The van der Waals surface area contributed by atoms with Crippen molar-refractivity contribution in [3.63, 3.8) is 0 Å². The Morgan fingerprint density at radius 1 is 1.08 bits per heavy atom. The maximum Gasteiger partial charge on any atom is 0.334 e. The minimum atomic E-state index is -0.116. The van der Waals surface area contributed by atoms with E-state index in [1.807, 2.05) is 31.2 Å². The van der Waals surface area contributed by atoms with Gasteiger partial charge in [0.2, 0.25) is 5.88 Å². The van der Waals surface area contributed by atoms with Crippen molar-refractivity contribution in [1.82, 2.24) is 19.1 Å². The summed E-state index contributed by atoms with van der Waals surface area (Å²) in [5.41, 5.74) is 2.05. The molecule has 0 radical (unpaired) electrons. The van der Waals surface area contributed by atoms with E-state index in [0.29, 0.717) is 28.8 Å². The Hall–Kier alpha value is -3.12. The van der Waals surface area contributed by atoms with E-state index in [1.54, 1.807) is 39.6 Å². The quantitative estimate of drug-likeness (QED) is 0.546. The Kier molecular flexibility index (Phi) is 4.18. The molecule has 130 valence electrons. The van der Waals surface area contributed by atoms with Crippen molar-refractivity contribution in [3.8, 4) is 17.3 Å². The molecule has 0 fully saturated rings. The lowest BCUT2D eigenvalue weighted by molar-refractivity contribution is 0.463. The average Bonchev–Trinajstić information content (AvgIpc) is 2.95. The summed E-state index contributed by atoms with van der Waals surface area (Å²) in [6.07, 6.45) is 3.21. The van der Waals surface area contributed by atoms with Crippen molar-refractivity contribution in [3.05, 3.63) is 76.4 Å². The number of pyridine rings is 2. The normalized spacial score (nSPS) is 11.0. The number of fused-ring (bicyclic) bond motifs is 1. The zero-order valence-electron chi connectivity index (χ0n) is 14.0. The highest BCUT2D eigenvalue weighted by Crippen LogP contribution is 2.23. The van der Waals surface area contributed by atoms with E-state index in [-0.39, 0.29) is 5.69 Å². The van der Waals surface area contributed by atoms with Crippen LogP contribution >= 0.6 is 11.6 Å². The van der Waals surface area contributed by atoms with Gasteiger partial charge < -0.3 is 4.74 Å². The third-order valence-corrected chi connectivity index (χ3v) is 4.25. The van der Waals surface area contributed by atoms with Gasteiger partial charge in [0.1, 0.15) is 5.75 Å². The monoisotopic (exact) mass is 366 g/mol. The first-order valence-corrected chi connectivity index (χ1v) is 8.51. The third-order valence-electron chi connectivity index (χ3n) is 4.02. The van der Waals surface area contributed by atoms with Crippen molar-refractivity contribution in [2.75, 3.05) is 0 Å². The molecule has 0 unspecified atom stereocenters. The summed E-state index contributed by atoms with van der Waals surface area (Å²) in [6.45, 7) is 2.52. The van der Waals surface area contributed by atoms with Crippen molar-refractivity contribution in [2.24, 2.45) is 0 Å². The summed E-state index contributed by atoms with van der Waals surface area (Å²) in [6, 6.07) is 14.3. The first-order chi connectivity index (χ1) is 12.7. The number of halogens is 1. The lowest BCUT2D eigenvalue weighted by Gasteiger charge is -2.06. The molecule has 4 rings (SSSR count). The number of imidazole rings is 1. The molecule has 6 nitrogen and oxygen atoms in total. The molecule has 3 heterocycles. The van der Waals surface area contributed by atoms with Gasteiger partial charge in [0.25, 0.3) is 0 Å². The van der Waals surface area contributed by atoms with Crippen molar-refractivity contribution in [2.45, 2.75) is 13.5 Å². The summed E-state index contributed by atoms with van der Waals surface area (Å²) in [5.74, 6) is 1.06. The highest BCUT2D eigenvalue weighted by molar-refractivity contribution is 6.30. The number of ether oxygens (including phenoxy) is 1. The zero-order valence-corrected chi connectivity index (χ0v) is 14.7. The first kappa shape index (κ1) is 16.4. The lowest BCUT2D eigenvalue weighted by Crippen LogP contribution is -2.22. The largest absolute Gasteiger partial charge is 0.439 e. The maximum atomic E-state index is 12.8. The van der Waals surface area contributed by atoms with Gasteiger partial charge in [-0.25, -0.2) is 19.3 Å². The summed E-state index contributed by atoms with van der Waals surface area (Å²) in [5, 5.41) is 0.548. The predicted molar refractivity (Wildman–Crippen MR) is 100 cm³/mol. The highest BCUT2D eigenvalue weighted by atomic mass is 35.5. The molecule has 0 saturated heterocycles. The molecular weight excluding hydrogens is 352 g/mol. The molecule has 0 N–H and O–H groups in total. The van der Waals surface area contributed by atoms with Gasteiger partial charge in [-0.3, -0.25) is 4.57 Å².